The first-order valence-electron chi connectivity index (χ1n) is 9.77. The second-order valence-corrected chi connectivity index (χ2v) is 9.56. The number of carbonyl (C=O) groups excluding carboxylic acids is 1. The zero-order valence-corrected chi connectivity index (χ0v) is 18.5. The van der Waals surface area contributed by atoms with Crippen LogP contribution in [0.5, 0.6) is 0 Å². The lowest BCUT2D eigenvalue weighted by atomic mass is 10.1. The minimum Gasteiger partial charge on any atom is -0.386 e. The van der Waals surface area contributed by atoms with Gasteiger partial charge in [0.2, 0.25) is 5.78 Å². The molecule has 0 saturated heterocycles. The minimum atomic E-state index is -4.05. The third-order valence-corrected chi connectivity index (χ3v) is 7.27. The van der Waals surface area contributed by atoms with E-state index in [0.717, 1.165) is 16.7 Å². The maximum atomic E-state index is 13.4. The molecule has 5 nitrogen and oxygen atoms in total. The van der Waals surface area contributed by atoms with E-state index in [1.807, 2.05) is 49.4 Å². The summed E-state index contributed by atoms with van der Waals surface area (Å²) in [4.78, 5) is 12.8. The van der Waals surface area contributed by atoms with Gasteiger partial charge in [-0.2, -0.15) is 0 Å². The third-order valence-electron chi connectivity index (χ3n) is 5.14. The molecule has 31 heavy (non-hydrogen) atoms. The molecule has 1 aliphatic heterocycles. The second kappa shape index (κ2) is 8.57. The van der Waals surface area contributed by atoms with Crippen molar-refractivity contribution in [2.45, 2.75) is 20.0 Å². The fraction of sp³-hybridized carbons (Fsp3) is 0.125. The molecule has 0 spiro atoms. The first kappa shape index (κ1) is 21.2. The number of Topliss-reactive ketones (excluding diaryl/α,β-unsaturated/α-hetero) is 1. The molecule has 0 amide bonds. The minimum absolute atomic E-state index is 0.134. The first-order chi connectivity index (χ1) is 14.9. The van der Waals surface area contributed by atoms with Gasteiger partial charge in [-0.15, -0.1) is 0 Å². The van der Waals surface area contributed by atoms with E-state index in [1.54, 1.807) is 30.3 Å². The van der Waals surface area contributed by atoms with Gasteiger partial charge in [0.1, 0.15) is 0 Å². The van der Waals surface area contributed by atoms with Crippen LogP contribution in [0.15, 0.2) is 83.9 Å². The van der Waals surface area contributed by atoms with Crippen LogP contribution in [0.25, 0.3) is 0 Å². The molecule has 0 aliphatic carbocycles. The third kappa shape index (κ3) is 4.22. The van der Waals surface area contributed by atoms with Crippen molar-refractivity contribution in [2.24, 2.45) is 0 Å². The van der Waals surface area contributed by atoms with Gasteiger partial charge in [0.05, 0.1) is 12.2 Å². The highest BCUT2D eigenvalue weighted by Crippen LogP contribution is 2.36. The van der Waals surface area contributed by atoms with Crippen molar-refractivity contribution in [3.05, 3.63) is 111 Å². The first-order valence-corrected chi connectivity index (χ1v) is 11.6. The molecule has 0 aromatic heterocycles. The van der Waals surface area contributed by atoms with Crippen LogP contribution in [0.3, 0.4) is 0 Å². The van der Waals surface area contributed by atoms with Crippen LogP contribution in [-0.4, -0.2) is 14.2 Å². The Morgan fingerprint density at radius 3 is 2.39 bits per heavy atom. The number of nitrogens with zero attached hydrogens (tertiary/aromatic N) is 1. The average molecular weight is 453 g/mol. The number of hydrogen-bond donors (Lipinski definition) is 1. The molecule has 0 atom stereocenters. The van der Waals surface area contributed by atoms with Crippen molar-refractivity contribution in [1.29, 1.82) is 0 Å². The Kier molecular flexibility index (Phi) is 5.85. The van der Waals surface area contributed by atoms with Crippen molar-refractivity contribution >= 4 is 33.1 Å². The van der Waals surface area contributed by atoms with E-state index < -0.39 is 15.8 Å². The summed E-state index contributed by atoms with van der Waals surface area (Å²) in [6, 6.07) is 21.7. The molecular formula is C24H21ClN2O3S. The largest absolute Gasteiger partial charge is 0.386 e. The summed E-state index contributed by atoms with van der Waals surface area (Å²) in [7, 11) is -4.05. The molecule has 158 valence electrons. The molecule has 4 rings (SSSR count). The predicted molar refractivity (Wildman–Crippen MR) is 123 cm³/mol. The van der Waals surface area contributed by atoms with E-state index >= 15 is 0 Å². The Hall–Kier alpha value is -3.09. The van der Waals surface area contributed by atoms with E-state index in [4.69, 9.17) is 11.6 Å². The van der Waals surface area contributed by atoms with Gasteiger partial charge < -0.3 is 5.32 Å². The topological polar surface area (TPSA) is 66.5 Å². The summed E-state index contributed by atoms with van der Waals surface area (Å²) < 4.78 is 28.2. The normalized spacial score (nSPS) is 16.3. The summed E-state index contributed by atoms with van der Waals surface area (Å²) in [5.41, 5.74) is 3.47. The van der Waals surface area contributed by atoms with Crippen LogP contribution >= 0.6 is 11.6 Å². The number of allylic oxidation sites excluding steroid dienone is 1. The monoisotopic (exact) mass is 452 g/mol. The van der Waals surface area contributed by atoms with E-state index in [9.17, 15) is 13.2 Å². The lowest BCUT2D eigenvalue weighted by molar-refractivity contribution is 0.104. The molecule has 3 aromatic carbocycles. The van der Waals surface area contributed by atoms with Gasteiger partial charge in [-0.25, -0.2) is 8.42 Å². The zero-order valence-electron chi connectivity index (χ0n) is 16.9. The van der Waals surface area contributed by atoms with Crippen LogP contribution < -0.4 is 9.62 Å². The summed E-state index contributed by atoms with van der Waals surface area (Å²) in [5.74, 6) is -0.526. The van der Waals surface area contributed by atoms with Crippen molar-refractivity contribution in [1.82, 2.24) is 5.32 Å². The van der Waals surface area contributed by atoms with Crippen LogP contribution in [0.2, 0.25) is 5.02 Å². The van der Waals surface area contributed by atoms with E-state index in [1.165, 1.54) is 10.5 Å². The average Bonchev–Trinajstić information content (AvgIpc) is 2.76. The Balaban J connectivity index is 1.70. The smallest absolute Gasteiger partial charge is 0.270 e. The number of benzene rings is 3. The molecule has 0 radical (unpaired) electrons. The van der Waals surface area contributed by atoms with Crippen molar-refractivity contribution in [3.8, 4) is 0 Å². The van der Waals surface area contributed by atoms with Gasteiger partial charge in [-0.1, -0.05) is 71.8 Å². The van der Waals surface area contributed by atoms with Crippen molar-refractivity contribution in [2.75, 3.05) is 4.31 Å². The lowest BCUT2D eigenvalue weighted by Gasteiger charge is -2.31. The van der Waals surface area contributed by atoms with Crippen molar-refractivity contribution < 1.29 is 13.2 Å². The summed E-state index contributed by atoms with van der Waals surface area (Å²) in [6.07, 6.45) is 1.28. The van der Waals surface area contributed by atoms with Gasteiger partial charge in [0.25, 0.3) is 10.0 Å². The van der Waals surface area contributed by atoms with E-state index in [-0.39, 0.29) is 11.4 Å². The summed E-state index contributed by atoms with van der Waals surface area (Å²) in [6.45, 7) is 2.40. The second-order valence-electron chi connectivity index (χ2n) is 7.32. The lowest BCUT2D eigenvalue weighted by Crippen LogP contribution is -2.39. The van der Waals surface area contributed by atoms with Crippen molar-refractivity contribution in [3.63, 3.8) is 0 Å². The molecule has 1 heterocycles. The highest BCUT2D eigenvalue weighted by molar-refractivity contribution is 7.97. The number of ketones is 1. The quantitative estimate of drug-likeness (QED) is 0.564. The maximum Gasteiger partial charge on any atom is 0.270 e. The highest BCUT2D eigenvalue weighted by Gasteiger charge is 2.39. The molecule has 0 unspecified atom stereocenters. The Morgan fingerprint density at radius 1 is 0.968 bits per heavy atom. The Bertz CT molecular complexity index is 1270. The van der Waals surface area contributed by atoms with Gasteiger partial charge in [0.15, 0.2) is 4.91 Å². The molecule has 0 saturated carbocycles. The van der Waals surface area contributed by atoms with Gasteiger partial charge >= 0.3 is 0 Å². The molecule has 1 N–H and O–H groups in total. The van der Waals surface area contributed by atoms with Gasteiger partial charge in [-0.3, -0.25) is 9.10 Å². The molecular weight excluding hydrogens is 432 g/mol. The molecule has 7 heteroatoms. The number of hydrogen-bond acceptors (Lipinski definition) is 4. The number of carbonyl (C=O) groups is 1. The zero-order chi connectivity index (χ0) is 22.0. The maximum absolute atomic E-state index is 13.4. The Morgan fingerprint density at radius 2 is 1.65 bits per heavy atom. The fourth-order valence-corrected chi connectivity index (χ4v) is 5.20. The van der Waals surface area contributed by atoms with Crippen LogP contribution in [-0.2, 0) is 23.1 Å². The number of rotatable bonds is 5. The number of sulfonamides is 1. The summed E-state index contributed by atoms with van der Waals surface area (Å²) in [5, 5.41) is 3.52. The molecule has 1 aliphatic rings. The molecule has 0 bridgehead atoms. The van der Waals surface area contributed by atoms with Gasteiger partial charge in [-0.05, 0) is 36.2 Å². The van der Waals surface area contributed by atoms with Crippen LogP contribution in [0.1, 0.15) is 27.0 Å². The fourth-order valence-electron chi connectivity index (χ4n) is 3.45. The molecule has 0 fully saturated rings. The number of aryl methyl sites for hydroxylation is 1. The van der Waals surface area contributed by atoms with E-state index in [0.29, 0.717) is 22.8 Å². The molecule has 3 aromatic rings. The van der Waals surface area contributed by atoms with E-state index in [2.05, 4.69) is 5.32 Å². The number of halogens is 1. The number of nitrogens with one attached hydrogen (secondary N) is 1. The van der Waals surface area contributed by atoms with Crippen LogP contribution in [0.4, 0.5) is 5.69 Å². The predicted octanol–water partition coefficient (Wildman–Crippen LogP) is 4.81. The summed E-state index contributed by atoms with van der Waals surface area (Å²) >= 11 is 6.17. The van der Waals surface area contributed by atoms with Gasteiger partial charge in [0, 0.05) is 23.3 Å². The Labute approximate surface area is 187 Å². The standard InChI is InChI=1S/C24H21ClN2O3S/c1-17-10-12-18(13-11-17)16-27-22-9-5-3-7-20(22)24(28)23(31(27,29)30)15-26-14-19-6-2-4-8-21(19)25/h2-13,15,26H,14,16H2,1H3. The number of para-hydroxylation sites is 1. The highest BCUT2D eigenvalue weighted by atomic mass is 35.5. The SMILES string of the molecule is Cc1ccc(CN2c3ccccc3C(=O)C(=CNCc3ccccc3Cl)S2(=O)=O)cc1. The van der Waals surface area contributed by atoms with Crippen LogP contribution in [0, 0.1) is 6.92 Å². The number of fused-ring (bicyclic) bond motifs is 1. The number of anilines is 1.